The Morgan fingerprint density at radius 2 is 2.15 bits per heavy atom. The minimum absolute atomic E-state index is 0.447. The average molecular weight is 181 g/mol. The van der Waals surface area contributed by atoms with Gasteiger partial charge in [-0.05, 0) is 25.7 Å². The lowest BCUT2D eigenvalue weighted by Gasteiger charge is -2.19. The summed E-state index contributed by atoms with van der Waals surface area (Å²) in [5, 5.41) is 12.3. The summed E-state index contributed by atoms with van der Waals surface area (Å²) >= 11 is 0. The van der Waals surface area contributed by atoms with E-state index in [0.29, 0.717) is 5.92 Å². The highest BCUT2D eigenvalue weighted by Crippen LogP contribution is 2.23. The molecule has 0 aromatic rings. The maximum absolute atomic E-state index is 8.86. The largest absolute Gasteiger partial charge is 0.411 e. The highest BCUT2D eigenvalue weighted by molar-refractivity contribution is 5.86. The van der Waals surface area contributed by atoms with E-state index in [1.165, 1.54) is 25.7 Å². The molecule has 0 aliphatic heterocycles. The molecule has 1 N–H and O–H groups in total. The van der Waals surface area contributed by atoms with Gasteiger partial charge in [0.15, 0.2) is 0 Å². The van der Waals surface area contributed by atoms with E-state index < -0.39 is 0 Å². The van der Waals surface area contributed by atoms with Crippen molar-refractivity contribution in [1.29, 1.82) is 0 Å². The molecule has 1 aliphatic rings. The van der Waals surface area contributed by atoms with Crippen molar-refractivity contribution in [3.63, 3.8) is 0 Å². The SMILES string of the molecule is C=CCC1CCCCCC/C1=N\O. The second-order valence-electron chi connectivity index (χ2n) is 3.77. The van der Waals surface area contributed by atoms with E-state index in [0.717, 1.165) is 25.0 Å². The molecule has 1 atom stereocenters. The summed E-state index contributed by atoms with van der Waals surface area (Å²) in [6.07, 6.45) is 10.0. The van der Waals surface area contributed by atoms with Gasteiger partial charge in [-0.25, -0.2) is 0 Å². The fraction of sp³-hybridized carbons (Fsp3) is 0.727. The Bertz CT molecular complexity index is 187. The van der Waals surface area contributed by atoms with Gasteiger partial charge in [-0.1, -0.05) is 30.5 Å². The Morgan fingerprint density at radius 1 is 1.38 bits per heavy atom. The smallest absolute Gasteiger partial charge is 0.0604 e. The molecule has 74 valence electrons. The predicted molar refractivity (Wildman–Crippen MR) is 55.2 cm³/mol. The van der Waals surface area contributed by atoms with E-state index in [1.807, 2.05) is 6.08 Å². The summed E-state index contributed by atoms with van der Waals surface area (Å²) < 4.78 is 0. The van der Waals surface area contributed by atoms with E-state index in [1.54, 1.807) is 0 Å². The van der Waals surface area contributed by atoms with Crippen molar-refractivity contribution in [1.82, 2.24) is 0 Å². The standard InChI is InChI=1S/C11H19NO/c1-2-7-10-8-5-3-4-6-9-11(10)12-13/h2,10,13H,1,3-9H2/b12-11+. The van der Waals surface area contributed by atoms with Gasteiger partial charge in [0, 0.05) is 5.92 Å². The van der Waals surface area contributed by atoms with E-state index in [-0.39, 0.29) is 0 Å². The van der Waals surface area contributed by atoms with Crippen molar-refractivity contribution in [2.75, 3.05) is 0 Å². The molecule has 0 saturated heterocycles. The average Bonchev–Trinajstić information content (AvgIpc) is 2.10. The van der Waals surface area contributed by atoms with E-state index in [4.69, 9.17) is 5.21 Å². The van der Waals surface area contributed by atoms with Gasteiger partial charge < -0.3 is 5.21 Å². The Labute approximate surface area is 80.3 Å². The topological polar surface area (TPSA) is 32.6 Å². The Kier molecular flexibility index (Phi) is 4.58. The zero-order chi connectivity index (χ0) is 9.52. The number of oxime groups is 1. The van der Waals surface area contributed by atoms with Crippen molar-refractivity contribution >= 4 is 5.71 Å². The summed E-state index contributed by atoms with van der Waals surface area (Å²) in [7, 11) is 0. The molecule has 1 rings (SSSR count). The quantitative estimate of drug-likeness (QED) is 0.395. The highest BCUT2D eigenvalue weighted by atomic mass is 16.4. The number of hydrogen-bond donors (Lipinski definition) is 1. The number of rotatable bonds is 2. The van der Waals surface area contributed by atoms with Crippen LogP contribution in [0.2, 0.25) is 0 Å². The van der Waals surface area contributed by atoms with Gasteiger partial charge in [0.1, 0.15) is 0 Å². The van der Waals surface area contributed by atoms with Gasteiger partial charge >= 0.3 is 0 Å². The lowest BCUT2D eigenvalue weighted by molar-refractivity contribution is 0.310. The molecule has 1 unspecified atom stereocenters. The zero-order valence-electron chi connectivity index (χ0n) is 8.21. The van der Waals surface area contributed by atoms with Crippen molar-refractivity contribution in [3.05, 3.63) is 12.7 Å². The monoisotopic (exact) mass is 181 g/mol. The van der Waals surface area contributed by atoms with Crippen LogP contribution in [0.4, 0.5) is 0 Å². The summed E-state index contributed by atoms with van der Waals surface area (Å²) in [6.45, 7) is 3.74. The highest BCUT2D eigenvalue weighted by Gasteiger charge is 2.16. The van der Waals surface area contributed by atoms with Gasteiger partial charge in [0.25, 0.3) is 0 Å². The van der Waals surface area contributed by atoms with E-state index >= 15 is 0 Å². The molecule has 2 heteroatoms. The van der Waals surface area contributed by atoms with Gasteiger partial charge in [-0.2, -0.15) is 0 Å². The molecule has 0 radical (unpaired) electrons. The minimum Gasteiger partial charge on any atom is -0.411 e. The first-order chi connectivity index (χ1) is 6.38. The summed E-state index contributed by atoms with van der Waals surface area (Å²) in [5.41, 5.74) is 0.986. The molecular weight excluding hydrogens is 162 g/mol. The van der Waals surface area contributed by atoms with Crippen molar-refractivity contribution in [3.8, 4) is 0 Å². The maximum Gasteiger partial charge on any atom is 0.0604 e. The molecule has 0 spiro atoms. The second-order valence-corrected chi connectivity index (χ2v) is 3.77. The van der Waals surface area contributed by atoms with Gasteiger partial charge in [0.2, 0.25) is 0 Å². The van der Waals surface area contributed by atoms with Crippen LogP contribution >= 0.6 is 0 Å². The van der Waals surface area contributed by atoms with E-state index in [9.17, 15) is 0 Å². The zero-order valence-corrected chi connectivity index (χ0v) is 8.21. The first-order valence-corrected chi connectivity index (χ1v) is 5.20. The third kappa shape index (κ3) is 3.21. The Hall–Kier alpha value is -0.790. The van der Waals surface area contributed by atoms with Crippen LogP contribution in [-0.2, 0) is 0 Å². The van der Waals surface area contributed by atoms with Crippen LogP contribution in [0.5, 0.6) is 0 Å². The second kappa shape index (κ2) is 5.79. The third-order valence-electron chi connectivity index (χ3n) is 2.79. The van der Waals surface area contributed by atoms with Crippen LogP contribution in [0.3, 0.4) is 0 Å². The molecule has 0 bridgehead atoms. The molecule has 1 fully saturated rings. The predicted octanol–water partition coefficient (Wildman–Crippen LogP) is 3.36. The molecule has 0 amide bonds. The summed E-state index contributed by atoms with van der Waals surface area (Å²) in [4.78, 5) is 0. The summed E-state index contributed by atoms with van der Waals surface area (Å²) in [5.74, 6) is 0.447. The number of allylic oxidation sites excluding steroid dienone is 1. The lowest BCUT2D eigenvalue weighted by atomic mass is 9.87. The first-order valence-electron chi connectivity index (χ1n) is 5.20. The fourth-order valence-electron chi connectivity index (χ4n) is 2.01. The third-order valence-corrected chi connectivity index (χ3v) is 2.79. The molecule has 2 nitrogen and oxygen atoms in total. The molecule has 0 heterocycles. The van der Waals surface area contributed by atoms with Crippen LogP contribution in [0.1, 0.15) is 44.9 Å². The van der Waals surface area contributed by atoms with Crippen LogP contribution in [-0.4, -0.2) is 10.9 Å². The van der Waals surface area contributed by atoms with Gasteiger partial charge in [-0.3, -0.25) is 0 Å². The van der Waals surface area contributed by atoms with Crippen molar-refractivity contribution in [2.45, 2.75) is 44.9 Å². The first kappa shape index (κ1) is 10.3. The maximum atomic E-state index is 8.86. The molecule has 0 aromatic heterocycles. The number of nitrogens with zero attached hydrogens (tertiary/aromatic N) is 1. The normalized spacial score (nSPS) is 28.0. The lowest BCUT2D eigenvalue weighted by Crippen LogP contribution is -2.16. The van der Waals surface area contributed by atoms with Crippen LogP contribution in [0.15, 0.2) is 17.8 Å². The molecular formula is C11H19NO. The van der Waals surface area contributed by atoms with E-state index in [2.05, 4.69) is 11.7 Å². The number of hydrogen-bond acceptors (Lipinski definition) is 2. The van der Waals surface area contributed by atoms with Gasteiger partial charge in [-0.15, -0.1) is 6.58 Å². The molecule has 1 aliphatic carbocycles. The van der Waals surface area contributed by atoms with Gasteiger partial charge in [0.05, 0.1) is 5.71 Å². The fourth-order valence-corrected chi connectivity index (χ4v) is 2.01. The van der Waals surface area contributed by atoms with Crippen LogP contribution in [0, 0.1) is 5.92 Å². The van der Waals surface area contributed by atoms with Crippen LogP contribution in [0.25, 0.3) is 0 Å². The molecule has 13 heavy (non-hydrogen) atoms. The summed E-state index contributed by atoms with van der Waals surface area (Å²) in [6, 6.07) is 0. The van der Waals surface area contributed by atoms with Crippen molar-refractivity contribution < 1.29 is 5.21 Å². The minimum atomic E-state index is 0.447. The van der Waals surface area contributed by atoms with Crippen LogP contribution < -0.4 is 0 Å². The Balaban J connectivity index is 2.55. The molecule has 1 saturated carbocycles. The van der Waals surface area contributed by atoms with Crippen molar-refractivity contribution in [2.24, 2.45) is 11.1 Å². The Morgan fingerprint density at radius 3 is 2.85 bits per heavy atom. The molecule has 0 aromatic carbocycles.